The van der Waals surface area contributed by atoms with Crippen LogP contribution in [0.4, 0.5) is 13.6 Å². The third-order valence-electron chi connectivity index (χ3n) is 7.22. The van der Waals surface area contributed by atoms with Gasteiger partial charge in [-0.2, -0.15) is 0 Å². The number of unbranched alkanes of at least 4 members (excludes halogenated alkanes) is 1. The minimum Gasteiger partial charge on any atom is -0.444 e. The summed E-state index contributed by atoms with van der Waals surface area (Å²) in [5.41, 5.74) is 2.43. The second-order valence-corrected chi connectivity index (χ2v) is 12.3. The van der Waals surface area contributed by atoms with Gasteiger partial charge in [0.25, 0.3) is 0 Å². The fourth-order valence-corrected chi connectivity index (χ4v) is 4.93. The zero-order valence-electron chi connectivity index (χ0n) is 26.9. The molecule has 3 aromatic rings. The Labute approximate surface area is 264 Å². The molecule has 0 radical (unpaired) electrons. The number of aromatic nitrogens is 2. The van der Waals surface area contributed by atoms with Crippen molar-refractivity contribution in [2.75, 3.05) is 6.54 Å². The molecule has 0 aliphatic heterocycles. The van der Waals surface area contributed by atoms with Crippen molar-refractivity contribution in [3.63, 3.8) is 0 Å². The molecule has 4 N–H and O–H groups in total. The monoisotopic (exact) mass is 627 g/mol. The van der Waals surface area contributed by atoms with Gasteiger partial charge in [-0.15, -0.1) is 0 Å². The summed E-state index contributed by atoms with van der Waals surface area (Å²) in [7, 11) is 0. The molecule has 3 atom stereocenters. The zero-order valence-corrected chi connectivity index (χ0v) is 26.9. The van der Waals surface area contributed by atoms with E-state index in [2.05, 4.69) is 40.8 Å². The van der Waals surface area contributed by atoms with Crippen LogP contribution in [0, 0.1) is 11.6 Å². The van der Waals surface area contributed by atoms with Gasteiger partial charge in [-0.05, 0) is 68.9 Å². The Hall–Kier alpha value is -3.83. The van der Waals surface area contributed by atoms with Gasteiger partial charge in [0.2, 0.25) is 5.91 Å². The van der Waals surface area contributed by atoms with Crippen LogP contribution in [0.15, 0.2) is 55.0 Å². The van der Waals surface area contributed by atoms with Gasteiger partial charge >= 0.3 is 6.09 Å². The number of aliphatic hydroxyl groups is 1. The van der Waals surface area contributed by atoms with E-state index in [-0.39, 0.29) is 24.9 Å². The van der Waals surface area contributed by atoms with Gasteiger partial charge in [-0.3, -0.25) is 4.79 Å². The average Bonchev–Trinajstić information content (AvgIpc) is 3.40. The van der Waals surface area contributed by atoms with Crippen molar-refractivity contribution < 1.29 is 28.2 Å². The predicted molar refractivity (Wildman–Crippen MR) is 170 cm³/mol. The van der Waals surface area contributed by atoms with E-state index in [4.69, 9.17) is 4.74 Å². The second kappa shape index (κ2) is 17.0. The van der Waals surface area contributed by atoms with Crippen molar-refractivity contribution in [2.45, 2.75) is 104 Å². The Morgan fingerprint density at radius 3 is 2.38 bits per heavy atom. The first kappa shape index (κ1) is 35.6. The van der Waals surface area contributed by atoms with Gasteiger partial charge < -0.3 is 30.4 Å². The Morgan fingerprint density at radius 1 is 1.00 bits per heavy atom. The minimum atomic E-state index is -1.13. The Kier molecular flexibility index (Phi) is 13.5. The number of aryl methyl sites for hydroxylation is 2. The van der Waals surface area contributed by atoms with Gasteiger partial charge in [0.15, 0.2) is 0 Å². The highest BCUT2D eigenvalue weighted by Gasteiger charge is 2.30. The number of halogens is 2. The van der Waals surface area contributed by atoms with E-state index in [1.54, 1.807) is 33.3 Å². The lowest BCUT2D eigenvalue weighted by Crippen LogP contribution is -2.56. The molecule has 1 heterocycles. The predicted octanol–water partition coefficient (Wildman–Crippen LogP) is 4.84. The van der Waals surface area contributed by atoms with Crippen LogP contribution in [-0.4, -0.2) is 57.0 Å². The second-order valence-electron chi connectivity index (χ2n) is 12.3. The highest BCUT2D eigenvalue weighted by Crippen LogP contribution is 2.14. The number of amides is 2. The molecule has 1 aromatic heterocycles. The first-order valence-electron chi connectivity index (χ1n) is 15.6. The quantitative estimate of drug-likeness (QED) is 0.181. The molecule has 3 rings (SSSR count). The lowest BCUT2D eigenvalue weighted by molar-refractivity contribution is -0.124. The number of nitrogens with zero attached hydrogens (tertiary/aromatic N) is 2. The first-order chi connectivity index (χ1) is 21.4. The van der Waals surface area contributed by atoms with Crippen molar-refractivity contribution >= 4 is 12.0 Å². The number of rotatable bonds is 16. The maximum Gasteiger partial charge on any atom is 0.408 e. The smallest absolute Gasteiger partial charge is 0.408 e. The number of carbonyl (C=O) groups excluding carboxylic acids is 2. The topological polar surface area (TPSA) is 118 Å². The lowest BCUT2D eigenvalue weighted by atomic mass is 9.99. The molecular weight excluding hydrogens is 580 g/mol. The highest BCUT2D eigenvalue weighted by molar-refractivity contribution is 5.86. The molecular formula is C34H47F2N5O4. The summed E-state index contributed by atoms with van der Waals surface area (Å²) in [6.45, 7) is 10.6. The average molecular weight is 628 g/mol. The van der Waals surface area contributed by atoms with Gasteiger partial charge in [-0.1, -0.05) is 44.5 Å². The van der Waals surface area contributed by atoms with E-state index in [0.29, 0.717) is 13.1 Å². The number of hydrogen-bond donors (Lipinski definition) is 4. The molecule has 246 valence electrons. The van der Waals surface area contributed by atoms with Crippen LogP contribution in [0.25, 0.3) is 0 Å². The fraction of sp³-hybridized carbons (Fsp3) is 0.500. The maximum absolute atomic E-state index is 14.1. The molecule has 2 aromatic carbocycles. The number of ether oxygens (including phenoxy) is 1. The van der Waals surface area contributed by atoms with Gasteiger partial charge in [0.05, 0.1) is 18.5 Å². The third-order valence-corrected chi connectivity index (χ3v) is 7.22. The summed E-state index contributed by atoms with van der Waals surface area (Å²) < 4.78 is 35.5. The van der Waals surface area contributed by atoms with Crippen LogP contribution in [0.3, 0.4) is 0 Å². The van der Waals surface area contributed by atoms with Crippen molar-refractivity contribution in [1.82, 2.24) is 25.5 Å². The molecule has 45 heavy (non-hydrogen) atoms. The number of imidazole rings is 1. The van der Waals surface area contributed by atoms with Gasteiger partial charge in [-0.25, -0.2) is 18.6 Å². The summed E-state index contributed by atoms with van der Waals surface area (Å²) in [4.78, 5) is 30.8. The number of carbonyl (C=O) groups is 2. The molecule has 0 fully saturated rings. The molecule has 0 saturated carbocycles. The number of aliphatic hydroxyl groups excluding tert-OH is 1. The fourth-order valence-electron chi connectivity index (χ4n) is 4.93. The van der Waals surface area contributed by atoms with Crippen LogP contribution in [-0.2, 0) is 41.9 Å². The number of benzene rings is 2. The van der Waals surface area contributed by atoms with E-state index in [9.17, 15) is 23.5 Å². The summed E-state index contributed by atoms with van der Waals surface area (Å²) in [5.74, 6) is -2.10. The van der Waals surface area contributed by atoms with Gasteiger partial charge in [0, 0.05) is 44.0 Å². The molecule has 0 aliphatic rings. The first-order valence-corrected chi connectivity index (χ1v) is 15.6. The zero-order chi connectivity index (χ0) is 33.0. The van der Waals surface area contributed by atoms with E-state index >= 15 is 0 Å². The van der Waals surface area contributed by atoms with Crippen LogP contribution in [0.2, 0.25) is 0 Å². The Bertz CT molecular complexity index is 1370. The normalized spacial score (nSPS) is 13.6. The minimum absolute atomic E-state index is 0.0534. The SMILES string of the molecule is CCCCn1cncc1C[C@H](NC(=O)OC(C)(C)C)C(=O)NC(Cc1cc(F)cc(F)c1)C(O)CNCc1cccc(CC)c1. The van der Waals surface area contributed by atoms with Crippen LogP contribution >= 0.6 is 0 Å². The Morgan fingerprint density at radius 2 is 1.71 bits per heavy atom. The standard InChI is InChI=1S/C34H47F2N5O4/c1-6-8-12-41-22-38-20-28(41)18-30(40-33(44)45-34(3,4)5)32(43)39-29(16-25-14-26(35)17-27(36)15-25)31(42)21-37-19-24-11-9-10-23(7-2)13-24/h9-11,13-15,17,20,22,29-31,37,42H,6-8,12,16,18-19,21H2,1-5H3,(H,39,43)(H,40,44)/t29?,30-,31?/m0/s1. The van der Waals surface area contributed by atoms with E-state index in [1.165, 1.54) is 17.7 Å². The molecule has 0 saturated heterocycles. The van der Waals surface area contributed by atoms with Crippen molar-refractivity contribution in [3.05, 3.63) is 89.0 Å². The molecule has 9 nitrogen and oxygen atoms in total. The maximum atomic E-state index is 14.1. The summed E-state index contributed by atoms with van der Waals surface area (Å²) >= 11 is 0. The molecule has 0 spiro atoms. The van der Waals surface area contributed by atoms with Crippen molar-refractivity contribution in [3.8, 4) is 0 Å². The summed E-state index contributed by atoms with van der Waals surface area (Å²) in [5, 5.41) is 20.0. The number of nitrogens with one attached hydrogen (secondary N) is 3. The Balaban J connectivity index is 1.82. The van der Waals surface area contributed by atoms with Crippen LogP contribution < -0.4 is 16.0 Å². The van der Waals surface area contributed by atoms with E-state index < -0.39 is 47.4 Å². The summed E-state index contributed by atoms with van der Waals surface area (Å²) in [6, 6.07) is 9.14. The third kappa shape index (κ3) is 12.2. The van der Waals surface area contributed by atoms with Gasteiger partial charge in [0.1, 0.15) is 23.3 Å². The van der Waals surface area contributed by atoms with Crippen LogP contribution in [0.1, 0.15) is 69.8 Å². The number of hydrogen-bond acceptors (Lipinski definition) is 6. The lowest BCUT2D eigenvalue weighted by Gasteiger charge is -2.28. The van der Waals surface area contributed by atoms with Crippen molar-refractivity contribution in [1.29, 1.82) is 0 Å². The highest BCUT2D eigenvalue weighted by atomic mass is 19.1. The number of alkyl carbamates (subject to hydrolysis) is 1. The molecule has 2 amide bonds. The van der Waals surface area contributed by atoms with Crippen molar-refractivity contribution in [2.24, 2.45) is 0 Å². The molecule has 0 aliphatic carbocycles. The molecule has 0 bridgehead atoms. The van der Waals surface area contributed by atoms with E-state index in [1.807, 2.05) is 22.8 Å². The molecule has 11 heteroatoms. The van der Waals surface area contributed by atoms with E-state index in [0.717, 1.165) is 36.6 Å². The van der Waals surface area contributed by atoms with Crippen LogP contribution in [0.5, 0.6) is 0 Å². The summed E-state index contributed by atoms with van der Waals surface area (Å²) in [6.07, 6.45) is 4.25. The largest absolute Gasteiger partial charge is 0.444 e. The molecule has 2 unspecified atom stereocenters.